The number of fused-ring (bicyclic) bond motifs is 1. The first-order valence-corrected chi connectivity index (χ1v) is 14.1. The van der Waals surface area contributed by atoms with E-state index in [1.54, 1.807) is 27.3 Å². The van der Waals surface area contributed by atoms with Crippen LogP contribution in [-0.4, -0.2) is 53.6 Å². The summed E-state index contributed by atoms with van der Waals surface area (Å²) in [6.45, 7) is 8.56. The molecule has 0 radical (unpaired) electrons. The van der Waals surface area contributed by atoms with Gasteiger partial charge in [-0.25, -0.2) is 17.5 Å². The highest BCUT2D eigenvalue weighted by atomic mass is 32.2. The van der Waals surface area contributed by atoms with Gasteiger partial charge in [-0.05, 0) is 84.6 Å². The molecule has 0 saturated carbocycles. The summed E-state index contributed by atoms with van der Waals surface area (Å²) in [6.07, 6.45) is 1.79. The van der Waals surface area contributed by atoms with Crippen LogP contribution in [0.15, 0.2) is 71.8 Å². The second-order valence-corrected chi connectivity index (χ2v) is 12.1. The SMILES string of the molecule is Cc1cc2c(cnn2-c2ccc(F)cc2)cc1[C@@H]1CN(S(=O)(=O)c2ccc(C#N)cc2)CCN1CC(C)C. The highest BCUT2D eigenvalue weighted by Crippen LogP contribution is 2.34. The zero-order valence-corrected chi connectivity index (χ0v) is 22.5. The summed E-state index contributed by atoms with van der Waals surface area (Å²) >= 11 is 0. The number of halogens is 1. The van der Waals surface area contributed by atoms with E-state index in [1.807, 2.05) is 13.0 Å². The number of rotatable bonds is 6. The molecule has 0 spiro atoms. The van der Waals surface area contributed by atoms with Crippen LogP contribution in [0.3, 0.4) is 0 Å². The van der Waals surface area contributed by atoms with Crippen molar-refractivity contribution in [1.82, 2.24) is 19.0 Å². The van der Waals surface area contributed by atoms with Gasteiger partial charge in [0.05, 0.1) is 33.9 Å². The predicted molar refractivity (Wildman–Crippen MR) is 145 cm³/mol. The van der Waals surface area contributed by atoms with Crippen LogP contribution >= 0.6 is 0 Å². The van der Waals surface area contributed by atoms with Crippen LogP contribution in [0.4, 0.5) is 4.39 Å². The fourth-order valence-electron chi connectivity index (χ4n) is 5.19. The zero-order chi connectivity index (χ0) is 27.0. The number of sulfonamides is 1. The van der Waals surface area contributed by atoms with Gasteiger partial charge in [-0.1, -0.05) is 13.8 Å². The Bertz CT molecular complexity index is 1610. The number of hydrogen-bond acceptors (Lipinski definition) is 5. The van der Waals surface area contributed by atoms with Gasteiger partial charge in [-0.2, -0.15) is 14.7 Å². The summed E-state index contributed by atoms with van der Waals surface area (Å²) in [4.78, 5) is 2.56. The van der Waals surface area contributed by atoms with Gasteiger partial charge in [0.1, 0.15) is 5.82 Å². The number of nitrogens with zero attached hydrogens (tertiary/aromatic N) is 5. The number of benzene rings is 3. The molecule has 0 N–H and O–H groups in total. The standard InChI is InChI=1S/C29H30FN5O2S/c1-20(2)18-33-12-13-34(38(36,37)26-10-4-22(16-31)5-11-26)19-29(33)27-15-23-17-32-35(28(23)14-21(27)3)25-8-6-24(30)7-9-25/h4-11,14-15,17,20,29H,12-13,18-19H2,1-3H3/t29-/m0/s1. The lowest BCUT2D eigenvalue weighted by Gasteiger charge is -2.42. The van der Waals surface area contributed by atoms with E-state index in [4.69, 9.17) is 5.26 Å². The van der Waals surface area contributed by atoms with Crippen LogP contribution < -0.4 is 0 Å². The molecule has 1 atom stereocenters. The fourth-order valence-corrected chi connectivity index (χ4v) is 6.63. The van der Waals surface area contributed by atoms with Crippen LogP contribution in [0, 0.1) is 30.0 Å². The summed E-state index contributed by atoms with van der Waals surface area (Å²) in [6, 6.07) is 18.4. The Hall–Kier alpha value is -3.58. The highest BCUT2D eigenvalue weighted by molar-refractivity contribution is 7.89. The highest BCUT2D eigenvalue weighted by Gasteiger charge is 2.36. The third kappa shape index (κ3) is 4.95. The third-order valence-corrected chi connectivity index (χ3v) is 8.94. The van der Waals surface area contributed by atoms with Crippen LogP contribution in [0.25, 0.3) is 16.6 Å². The van der Waals surface area contributed by atoms with E-state index >= 15 is 0 Å². The molecule has 2 heterocycles. The second kappa shape index (κ2) is 10.3. The van der Waals surface area contributed by atoms with Crippen LogP contribution in [0.2, 0.25) is 0 Å². The lowest BCUT2D eigenvalue weighted by Crippen LogP contribution is -2.51. The average molecular weight is 532 g/mol. The van der Waals surface area contributed by atoms with E-state index in [-0.39, 0.29) is 16.8 Å². The van der Waals surface area contributed by atoms with Crippen molar-refractivity contribution in [1.29, 1.82) is 5.26 Å². The van der Waals surface area contributed by atoms with E-state index in [0.29, 0.717) is 31.1 Å². The maximum Gasteiger partial charge on any atom is 0.243 e. The summed E-state index contributed by atoms with van der Waals surface area (Å²) in [5, 5.41) is 14.6. The quantitative estimate of drug-likeness (QED) is 0.348. The molecule has 1 saturated heterocycles. The minimum Gasteiger partial charge on any atom is -0.293 e. The number of hydrogen-bond donors (Lipinski definition) is 0. The molecule has 38 heavy (non-hydrogen) atoms. The van der Waals surface area contributed by atoms with E-state index in [2.05, 4.69) is 36.0 Å². The van der Waals surface area contributed by atoms with Crippen molar-refractivity contribution in [3.63, 3.8) is 0 Å². The maximum atomic E-state index is 13.6. The molecule has 0 unspecified atom stereocenters. The molecule has 9 heteroatoms. The van der Waals surface area contributed by atoms with E-state index < -0.39 is 10.0 Å². The molecule has 1 aliphatic heterocycles. The Morgan fingerprint density at radius 1 is 1.08 bits per heavy atom. The summed E-state index contributed by atoms with van der Waals surface area (Å²) < 4.78 is 43.9. The molecule has 3 aromatic carbocycles. The molecule has 7 nitrogen and oxygen atoms in total. The molecular weight excluding hydrogens is 501 g/mol. The van der Waals surface area contributed by atoms with Gasteiger partial charge in [0.25, 0.3) is 0 Å². The third-order valence-electron chi connectivity index (χ3n) is 7.06. The molecule has 4 aromatic rings. The Labute approximate surface area is 222 Å². The molecule has 1 aliphatic rings. The summed E-state index contributed by atoms with van der Waals surface area (Å²) in [5.41, 5.74) is 4.21. The van der Waals surface area contributed by atoms with E-state index in [9.17, 15) is 12.8 Å². The molecule has 196 valence electrons. The first-order chi connectivity index (χ1) is 18.2. The largest absolute Gasteiger partial charge is 0.293 e. The first kappa shape index (κ1) is 26.0. The smallest absolute Gasteiger partial charge is 0.243 e. The molecule has 5 rings (SSSR count). The molecule has 1 aromatic heterocycles. The minimum absolute atomic E-state index is 0.127. The predicted octanol–water partition coefficient (Wildman–Crippen LogP) is 5.05. The second-order valence-electron chi connectivity index (χ2n) is 10.2. The summed E-state index contributed by atoms with van der Waals surface area (Å²) in [5.74, 6) is 0.121. The van der Waals surface area contributed by atoms with Gasteiger partial charge >= 0.3 is 0 Å². The van der Waals surface area contributed by atoms with E-state index in [0.717, 1.165) is 34.3 Å². The molecule has 0 amide bonds. The van der Waals surface area contributed by atoms with Crippen molar-refractivity contribution in [2.45, 2.75) is 31.7 Å². The van der Waals surface area contributed by atoms with Crippen LogP contribution in [0.1, 0.15) is 36.6 Å². The molecule has 0 bridgehead atoms. The Morgan fingerprint density at radius 2 is 1.79 bits per heavy atom. The number of aromatic nitrogens is 2. The fraction of sp³-hybridized carbons (Fsp3) is 0.310. The molecule has 0 aliphatic carbocycles. The van der Waals surface area contributed by atoms with Crippen LogP contribution in [0.5, 0.6) is 0 Å². The Morgan fingerprint density at radius 3 is 2.45 bits per heavy atom. The van der Waals surface area contributed by atoms with Gasteiger partial charge in [0.2, 0.25) is 10.0 Å². The number of nitriles is 1. The van der Waals surface area contributed by atoms with Gasteiger partial charge in [0, 0.05) is 37.6 Å². The van der Waals surface area contributed by atoms with Crippen molar-refractivity contribution in [2.75, 3.05) is 26.2 Å². The maximum absolute atomic E-state index is 13.6. The topological polar surface area (TPSA) is 82.2 Å². The normalized spacial score (nSPS) is 17.2. The lowest BCUT2D eigenvalue weighted by atomic mass is 9.96. The first-order valence-electron chi connectivity index (χ1n) is 12.7. The lowest BCUT2D eigenvalue weighted by molar-refractivity contribution is 0.105. The van der Waals surface area contributed by atoms with Gasteiger partial charge < -0.3 is 0 Å². The monoisotopic (exact) mass is 531 g/mol. The Kier molecular flexibility index (Phi) is 7.05. The van der Waals surface area contributed by atoms with Crippen molar-refractivity contribution in [3.05, 3.63) is 89.4 Å². The van der Waals surface area contributed by atoms with Gasteiger partial charge in [0.15, 0.2) is 0 Å². The number of aryl methyl sites for hydroxylation is 1. The molecule has 1 fully saturated rings. The minimum atomic E-state index is -3.72. The van der Waals surface area contributed by atoms with Gasteiger partial charge in [-0.3, -0.25) is 4.90 Å². The zero-order valence-electron chi connectivity index (χ0n) is 21.7. The van der Waals surface area contributed by atoms with Crippen molar-refractivity contribution < 1.29 is 12.8 Å². The van der Waals surface area contributed by atoms with E-state index in [1.165, 1.54) is 36.4 Å². The number of piperazine rings is 1. The van der Waals surface area contributed by atoms with Crippen LogP contribution in [-0.2, 0) is 10.0 Å². The molecular formula is C29H30FN5O2S. The average Bonchev–Trinajstić information content (AvgIpc) is 3.31. The van der Waals surface area contributed by atoms with Crippen molar-refractivity contribution in [3.8, 4) is 11.8 Å². The van der Waals surface area contributed by atoms with Crippen molar-refractivity contribution >= 4 is 20.9 Å². The van der Waals surface area contributed by atoms with Crippen molar-refractivity contribution in [2.24, 2.45) is 5.92 Å². The summed E-state index contributed by atoms with van der Waals surface area (Å²) in [7, 11) is -3.72. The Balaban J connectivity index is 1.52. The van der Waals surface area contributed by atoms with Gasteiger partial charge in [-0.15, -0.1) is 0 Å².